The fourth-order valence-corrected chi connectivity index (χ4v) is 1.70. The predicted octanol–water partition coefficient (Wildman–Crippen LogP) is 2.55. The van der Waals surface area contributed by atoms with Gasteiger partial charge in [-0.25, -0.2) is 0 Å². The fourth-order valence-electron chi connectivity index (χ4n) is 1.70. The van der Waals surface area contributed by atoms with Crippen molar-refractivity contribution < 1.29 is 4.79 Å². The molecule has 1 heterocycles. The Kier molecular flexibility index (Phi) is 4.20. The van der Waals surface area contributed by atoms with E-state index in [4.69, 9.17) is 5.73 Å². The van der Waals surface area contributed by atoms with Gasteiger partial charge in [0.05, 0.1) is 0 Å². The number of amides is 1. The van der Waals surface area contributed by atoms with Crippen molar-refractivity contribution in [3.63, 3.8) is 0 Å². The number of nitrogens with one attached hydrogen (secondary N) is 2. The summed E-state index contributed by atoms with van der Waals surface area (Å²) in [5.74, 6) is -0.180. The molecule has 0 aliphatic carbocycles. The van der Waals surface area contributed by atoms with E-state index in [9.17, 15) is 4.79 Å². The highest BCUT2D eigenvalue weighted by Gasteiger charge is 2.08. The summed E-state index contributed by atoms with van der Waals surface area (Å²) in [7, 11) is 0. The van der Waals surface area contributed by atoms with E-state index >= 15 is 0 Å². The maximum Gasteiger partial charge on any atom is 0.270 e. The first-order valence-corrected chi connectivity index (χ1v) is 6.44. The van der Waals surface area contributed by atoms with Crippen molar-refractivity contribution in [3.8, 4) is 0 Å². The molecule has 0 aliphatic heterocycles. The number of anilines is 3. The molecule has 0 fully saturated rings. The third-order valence-corrected chi connectivity index (χ3v) is 2.61. The normalized spacial score (nSPS) is 10.3. The van der Waals surface area contributed by atoms with Crippen molar-refractivity contribution in [3.05, 3.63) is 48.3 Å². The summed E-state index contributed by atoms with van der Waals surface area (Å²) in [6, 6.07) is 11.0. The number of carbonyl (C=O) groups is 1. The number of benzene rings is 1. The number of nitrogens with zero attached hydrogens (tertiary/aromatic N) is 1. The topological polar surface area (TPSA) is 80.0 Å². The fraction of sp³-hybridized carbons (Fsp3) is 0.200. The molecule has 0 bridgehead atoms. The van der Waals surface area contributed by atoms with Crippen LogP contribution in [0.1, 0.15) is 24.3 Å². The number of hydrogen-bond donors (Lipinski definition) is 3. The molecule has 0 radical (unpaired) electrons. The van der Waals surface area contributed by atoms with Crippen LogP contribution in [0.3, 0.4) is 0 Å². The molecule has 2 rings (SSSR count). The number of hydrogen-bond acceptors (Lipinski definition) is 4. The molecule has 2 aromatic rings. The van der Waals surface area contributed by atoms with E-state index in [-0.39, 0.29) is 11.9 Å². The average Bonchev–Trinajstić information content (AvgIpc) is 2.41. The third-order valence-electron chi connectivity index (χ3n) is 2.61. The van der Waals surface area contributed by atoms with Crippen molar-refractivity contribution in [1.82, 2.24) is 10.3 Å². The second kappa shape index (κ2) is 6.06. The highest BCUT2D eigenvalue weighted by Crippen LogP contribution is 2.17. The summed E-state index contributed by atoms with van der Waals surface area (Å²) in [5.41, 5.74) is 8.45. The van der Waals surface area contributed by atoms with E-state index in [0.29, 0.717) is 11.4 Å². The number of rotatable bonds is 4. The van der Waals surface area contributed by atoms with Crippen LogP contribution in [-0.4, -0.2) is 16.9 Å². The number of pyridine rings is 1. The number of nitrogen functional groups attached to an aromatic ring is 1. The summed E-state index contributed by atoms with van der Waals surface area (Å²) in [4.78, 5) is 16.0. The van der Waals surface area contributed by atoms with Crippen molar-refractivity contribution in [2.45, 2.75) is 19.9 Å². The molecule has 1 aromatic heterocycles. The van der Waals surface area contributed by atoms with Gasteiger partial charge in [-0.2, -0.15) is 0 Å². The molecule has 1 amide bonds. The van der Waals surface area contributed by atoms with E-state index in [2.05, 4.69) is 15.6 Å². The molecule has 5 heteroatoms. The lowest BCUT2D eigenvalue weighted by Gasteiger charge is -2.10. The standard InChI is InChI=1S/C15H18N4O/c1-10(2)18-15(20)14-9-13(7-8-17-14)19-12-5-3-11(16)4-6-12/h3-10H,16H2,1-2H3,(H,17,19)(H,18,20). The predicted molar refractivity (Wildman–Crippen MR) is 81.0 cm³/mol. The molecule has 0 unspecified atom stereocenters. The molecule has 0 spiro atoms. The Labute approximate surface area is 118 Å². The van der Waals surface area contributed by atoms with Gasteiger partial charge in [0.15, 0.2) is 0 Å². The van der Waals surface area contributed by atoms with Crippen molar-refractivity contribution in [1.29, 1.82) is 0 Å². The molecule has 0 saturated heterocycles. The van der Waals surface area contributed by atoms with Crippen LogP contribution in [0.15, 0.2) is 42.6 Å². The van der Waals surface area contributed by atoms with Gasteiger partial charge in [-0.1, -0.05) is 0 Å². The number of nitrogens with two attached hydrogens (primary N) is 1. The summed E-state index contributed by atoms with van der Waals surface area (Å²) in [6.07, 6.45) is 1.61. The highest BCUT2D eigenvalue weighted by molar-refractivity contribution is 5.93. The van der Waals surface area contributed by atoms with Gasteiger partial charge in [-0.15, -0.1) is 0 Å². The van der Waals surface area contributed by atoms with Crippen LogP contribution in [0.2, 0.25) is 0 Å². The van der Waals surface area contributed by atoms with Crippen LogP contribution in [0, 0.1) is 0 Å². The van der Waals surface area contributed by atoms with Gasteiger partial charge in [0, 0.05) is 29.3 Å². The van der Waals surface area contributed by atoms with Crippen LogP contribution < -0.4 is 16.4 Å². The van der Waals surface area contributed by atoms with Gasteiger partial charge < -0.3 is 16.4 Å². The first-order valence-electron chi connectivity index (χ1n) is 6.44. The molecule has 0 saturated carbocycles. The second-order valence-electron chi connectivity index (χ2n) is 4.80. The maximum absolute atomic E-state index is 11.9. The molecule has 0 aliphatic rings. The quantitative estimate of drug-likeness (QED) is 0.746. The zero-order valence-corrected chi connectivity index (χ0v) is 11.6. The summed E-state index contributed by atoms with van der Waals surface area (Å²) in [6.45, 7) is 3.82. The second-order valence-corrected chi connectivity index (χ2v) is 4.80. The molecule has 0 atom stereocenters. The SMILES string of the molecule is CC(C)NC(=O)c1cc(Nc2ccc(N)cc2)ccn1. The number of aromatic nitrogens is 1. The van der Waals surface area contributed by atoms with Gasteiger partial charge in [-0.3, -0.25) is 9.78 Å². The van der Waals surface area contributed by atoms with E-state index in [1.165, 1.54) is 0 Å². The molecule has 4 N–H and O–H groups in total. The van der Waals surface area contributed by atoms with E-state index in [1.807, 2.05) is 44.2 Å². The van der Waals surface area contributed by atoms with Crippen molar-refractivity contribution in [2.24, 2.45) is 0 Å². The Morgan fingerprint density at radius 3 is 2.50 bits per heavy atom. The van der Waals surface area contributed by atoms with E-state index < -0.39 is 0 Å². The zero-order chi connectivity index (χ0) is 14.5. The smallest absolute Gasteiger partial charge is 0.270 e. The minimum Gasteiger partial charge on any atom is -0.399 e. The van der Waals surface area contributed by atoms with E-state index in [1.54, 1.807) is 12.3 Å². The molecule has 104 valence electrons. The molecular formula is C15H18N4O. The first-order chi connectivity index (χ1) is 9.54. The average molecular weight is 270 g/mol. The monoisotopic (exact) mass is 270 g/mol. The lowest BCUT2D eigenvalue weighted by Crippen LogP contribution is -2.30. The Bertz CT molecular complexity index is 593. The minimum absolute atomic E-state index is 0.0815. The van der Waals surface area contributed by atoms with Crippen LogP contribution in [0.5, 0.6) is 0 Å². The maximum atomic E-state index is 11.9. The van der Waals surface area contributed by atoms with Gasteiger partial charge >= 0.3 is 0 Å². The van der Waals surface area contributed by atoms with Crippen molar-refractivity contribution in [2.75, 3.05) is 11.1 Å². The van der Waals surface area contributed by atoms with Gasteiger partial charge in [-0.05, 0) is 50.2 Å². The lowest BCUT2D eigenvalue weighted by molar-refractivity contribution is 0.0938. The largest absolute Gasteiger partial charge is 0.399 e. The Morgan fingerprint density at radius 1 is 1.15 bits per heavy atom. The molecule has 5 nitrogen and oxygen atoms in total. The van der Waals surface area contributed by atoms with Gasteiger partial charge in [0.2, 0.25) is 0 Å². The Balaban J connectivity index is 2.13. The Hall–Kier alpha value is -2.56. The van der Waals surface area contributed by atoms with Crippen LogP contribution in [0.25, 0.3) is 0 Å². The summed E-state index contributed by atoms with van der Waals surface area (Å²) >= 11 is 0. The van der Waals surface area contributed by atoms with Gasteiger partial charge in [0.25, 0.3) is 5.91 Å². The highest BCUT2D eigenvalue weighted by atomic mass is 16.1. The van der Waals surface area contributed by atoms with E-state index in [0.717, 1.165) is 11.4 Å². The van der Waals surface area contributed by atoms with Crippen LogP contribution in [-0.2, 0) is 0 Å². The minimum atomic E-state index is -0.180. The van der Waals surface area contributed by atoms with Crippen molar-refractivity contribution >= 4 is 23.0 Å². The summed E-state index contributed by atoms with van der Waals surface area (Å²) < 4.78 is 0. The van der Waals surface area contributed by atoms with Crippen LogP contribution >= 0.6 is 0 Å². The first kappa shape index (κ1) is 13.9. The molecule has 20 heavy (non-hydrogen) atoms. The third kappa shape index (κ3) is 3.71. The number of carbonyl (C=O) groups excluding carboxylic acids is 1. The lowest BCUT2D eigenvalue weighted by atomic mass is 10.2. The van der Waals surface area contributed by atoms with Gasteiger partial charge in [0.1, 0.15) is 5.69 Å². The Morgan fingerprint density at radius 2 is 1.85 bits per heavy atom. The van der Waals surface area contributed by atoms with Crippen LogP contribution in [0.4, 0.5) is 17.1 Å². The summed E-state index contributed by atoms with van der Waals surface area (Å²) in [5, 5.41) is 6.02. The molecular weight excluding hydrogens is 252 g/mol. The zero-order valence-electron chi connectivity index (χ0n) is 11.6. The molecule has 1 aromatic carbocycles.